The monoisotopic (exact) mass is 297 g/mol. The third-order valence-electron chi connectivity index (χ3n) is 3.86. The Morgan fingerprint density at radius 1 is 1.35 bits per heavy atom. The van der Waals surface area contributed by atoms with Crippen LogP contribution in [0.25, 0.3) is 0 Å². The van der Waals surface area contributed by atoms with Gasteiger partial charge >= 0.3 is 5.97 Å². The molecular formula is C14H19NO4S. The number of carbonyl (C=O) groups is 1. The lowest BCUT2D eigenvalue weighted by Crippen LogP contribution is -2.31. The van der Waals surface area contributed by atoms with E-state index in [0.29, 0.717) is 13.0 Å². The van der Waals surface area contributed by atoms with Crippen LogP contribution in [0.1, 0.15) is 23.1 Å². The van der Waals surface area contributed by atoms with Crippen molar-refractivity contribution in [2.45, 2.75) is 26.0 Å². The number of sulfonamides is 1. The molecule has 0 saturated carbocycles. The fourth-order valence-electron chi connectivity index (χ4n) is 2.53. The van der Waals surface area contributed by atoms with Gasteiger partial charge in [-0.3, -0.25) is 4.79 Å². The lowest BCUT2D eigenvalue weighted by atomic mass is 10.1. The van der Waals surface area contributed by atoms with Gasteiger partial charge in [-0.1, -0.05) is 18.2 Å². The molecule has 2 rings (SSSR count). The maximum absolute atomic E-state index is 12.4. The number of aliphatic carboxylic acids is 1. The second-order valence-electron chi connectivity index (χ2n) is 5.31. The highest BCUT2D eigenvalue weighted by molar-refractivity contribution is 7.88. The third-order valence-corrected chi connectivity index (χ3v) is 5.64. The average Bonchev–Trinajstić information content (AvgIpc) is 2.84. The number of nitrogens with zero attached hydrogens (tertiary/aromatic N) is 1. The van der Waals surface area contributed by atoms with Crippen LogP contribution in [0.15, 0.2) is 18.2 Å². The van der Waals surface area contributed by atoms with E-state index in [-0.39, 0.29) is 12.3 Å². The topological polar surface area (TPSA) is 74.7 Å². The summed E-state index contributed by atoms with van der Waals surface area (Å²) in [5.41, 5.74) is 2.70. The molecule has 110 valence electrons. The second-order valence-corrected chi connectivity index (χ2v) is 7.28. The molecule has 0 amide bonds. The molecule has 1 heterocycles. The molecular weight excluding hydrogens is 278 g/mol. The molecule has 1 atom stereocenters. The van der Waals surface area contributed by atoms with Gasteiger partial charge in [0.1, 0.15) is 0 Å². The molecule has 1 aliphatic rings. The summed E-state index contributed by atoms with van der Waals surface area (Å²) < 4.78 is 26.1. The van der Waals surface area contributed by atoms with Gasteiger partial charge in [0.25, 0.3) is 0 Å². The summed E-state index contributed by atoms with van der Waals surface area (Å²) in [5.74, 6) is -1.56. The van der Waals surface area contributed by atoms with E-state index in [9.17, 15) is 13.2 Å². The Morgan fingerprint density at radius 3 is 2.45 bits per heavy atom. The number of rotatable bonds is 4. The number of benzene rings is 1. The largest absolute Gasteiger partial charge is 0.481 e. The Balaban J connectivity index is 2.19. The van der Waals surface area contributed by atoms with E-state index in [0.717, 1.165) is 16.7 Å². The first-order valence-corrected chi connectivity index (χ1v) is 8.18. The van der Waals surface area contributed by atoms with Crippen LogP contribution >= 0.6 is 0 Å². The zero-order valence-corrected chi connectivity index (χ0v) is 12.5. The van der Waals surface area contributed by atoms with Crippen molar-refractivity contribution < 1.29 is 18.3 Å². The van der Waals surface area contributed by atoms with Crippen LogP contribution in [0.4, 0.5) is 0 Å². The molecule has 1 aliphatic heterocycles. The molecule has 1 N–H and O–H groups in total. The first-order valence-electron chi connectivity index (χ1n) is 6.57. The molecule has 5 nitrogen and oxygen atoms in total. The molecule has 6 heteroatoms. The normalized spacial score (nSPS) is 20.2. The first kappa shape index (κ1) is 15.0. The molecule has 1 fully saturated rings. The van der Waals surface area contributed by atoms with E-state index < -0.39 is 21.9 Å². The van der Waals surface area contributed by atoms with Gasteiger partial charge in [0.05, 0.1) is 11.7 Å². The fourth-order valence-corrected chi connectivity index (χ4v) is 4.33. The summed E-state index contributed by atoms with van der Waals surface area (Å²) in [4.78, 5) is 10.9. The Kier molecular flexibility index (Phi) is 4.15. The van der Waals surface area contributed by atoms with Gasteiger partial charge < -0.3 is 5.11 Å². The maximum atomic E-state index is 12.4. The van der Waals surface area contributed by atoms with Crippen LogP contribution in [0.5, 0.6) is 0 Å². The summed E-state index contributed by atoms with van der Waals surface area (Å²) >= 11 is 0. The summed E-state index contributed by atoms with van der Waals surface area (Å²) in [6, 6.07) is 5.68. The Morgan fingerprint density at radius 2 is 1.95 bits per heavy atom. The highest BCUT2D eigenvalue weighted by Crippen LogP contribution is 2.24. The Labute approximate surface area is 119 Å². The van der Waals surface area contributed by atoms with E-state index in [1.807, 2.05) is 32.0 Å². The number of hydrogen-bond acceptors (Lipinski definition) is 3. The quantitative estimate of drug-likeness (QED) is 0.914. The minimum absolute atomic E-state index is 0.0577. The first-order chi connectivity index (χ1) is 9.31. The van der Waals surface area contributed by atoms with Crippen molar-refractivity contribution in [1.82, 2.24) is 4.31 Å². The van der Waals surface area contributed by atoms with Crippen molar-refractivity contribution in [3.05, 3.63) is 34.9 Å². The maximum Gasteiger partial charge on any atom is 0.307 e. The summed E-state index contributed by atoms with van der Waals surface area (Å²) in [5, 5.41) is 8.95. The number of hydrogen-bond donors (Lipinski definition) is 1. The van der Waals surface area contributed by atoms with E-state index in [1.54, 1.807) is 0 Å². The number of carboxylic acid groups (broad SMARTS) is 1. The molecule has 0 spiro atoms. The predicted octanol–water partition coefficient (Wildman–Crippen LogP) is 1.54. The molecule has 1 aromatic carbocycles. The Hall–Kier alpha value is -1.40. The average molecular weight is 297 g/mol. The molecule has 1 saturated heterocycles. The highest BCUT2D eigenvalue weighted by Gasteiger charge is 2.35. The smallest absolute Gasteiger partial charge is 0.307 e. The van der Waals surface area contributed by atoms with E-state index >= 15 is 0 Å². The van der Waals surface area contributed by atoms with Gasteiger partial charge in [-0.05, 0) is 37.0 Å². The zero-order valence-electron chi connectivity index (χ0n) is 11.7. The van der Waals surface area contributed by atoms with Crippen molar-refractivity contribution in [3.8, 4) is 0 Å². The zero-order chi connectivity index (χ0) is 14.9. The fraction of sp³-hybridized carbons (Fsp3) is 0.500. The molecule has 1 aromatic rings. The van der Waals surface area contributed by atoms with Crippen LogP contribution in [-0.2, 0) is 20.6 Å². The van der Waals surface area contributed by atoms with Gasteiger partial charge in [0.15, 0.2) is 0 Å². The second kappa shape index (κ2) is 5.54. The molecule has 0 aromatic heterocycles. The Bertz CT molecular complexity index is 604. The van der Waals surface area contributed by atoms with Crippen LogP contribution < -0.4 is 0 Å². The molecule has 0 aliphatic carbocycles. The minimum Gasteiger partial charge on any atom is -0.481 e. The third kappa shape index (κ3) is 3.02. The SMILES string of the molecule is Cc1cccc(C)c1CS(=O)(=O)N1CCC(C(=O)O)C1. The molecule has 1 unspecified atom stereocenters. The van der Waals surface area contributed by atoms with Crippen LogP contribution in [-0.4, -0.2) is 36.9 Å². The molecule has 0 radical (unpaired) electrons. The lowest BCUT2D eigenvalue weighted by molar-refractivity contribution is -0.141. The lowest BCUT2D eigenvalue weighted by Gasteiger charge is -2.18. The van der Waals surface area contributed by atoms with Gasteiger partial charge in [-0.25, -0.2) is 12.7 Å². The van der Waals surface area contributed by atoms with Gasteiger partial charge in [0.2, 0.25) is 10.0 Å². The van der Waals surface area contributed by atoms with Crippen molar-refractivity contribution in [1.29, 1.82) is 0 Å². The van der Waals surface area contributed by atoms with Crippen LogP contribution in [0.2, 0.25) is 0 Å². The van der Waals surface area contributed by atoms with Crippen molar-refractivity contribution in [2.75, 3.05) is 13.1 Å². The van der Waals surface area contributed by atoms with Crippen molar-refractivity contribution in [3.63, 3.8) is 0 Å². The van der Waals surface area contributed by atoms with E-state index in [2.05, 4.69) is 0 Å². The predicted molar refractivity (Wildman–Crippen MR) is 75.9 cm³/mol. The van der Waals surface area contributed by atoms with Crippen LogP contribution in [0.3, 0.4) is 0 Å². The summed E-state index contributed by atoms with van der Waals surface area (Å²) in [6.07, 6.45) is 0.390. The minimum atomic E-state index is -3.45. The van der Waals surface area contributed by atoms with E-state index in [1.165, 1.54) is 4.31 Å². The highest BCUT2D eigenvalue weighted by atomic mass is 32.2. The van der Waals surface area contributed by atoms with E-state index in [4.69, 9.17) is 5.11 Å². The van der Waals surface area contributed by atoms with Crippen molar-refractivity contribution in [2.24, 2.45) is 5.92 Å². The number of aryl methyl sites for hydroxylation is 2. The molecule has 20 heavy (non-hydrogen) atoms. The van der Waals surface area contributed by atoms with Gasteiger partial charge in [0, 0.05) is 13.1 Å². The molecule has 0 bridgehead atoms. The summed E-state index contributed by atoms with van der Waals surface area (Å²) in [6.45, 7) is 4.16. The van der Waals surface area contributed by atoms with Crippen molar-refractivity contribution >= 4 is 16.0 Å². The summed E-state index contributed by atoms with van der Waals surface area (Å²) in [7, 11) is -3.45. The van der Waals surface area contributed by atoms with Gasteiger partial charge in [-0.15, -0.1) is 0 Å². The van der Waals surface area contributed by atoms with Crippen LogP contribution in [0, 0.1) is 19.8 Å². The van der Waals surface area contributed by atoms with Gasteiger partial charge in [-0.2, -0.15) is 0 Å². The number of carboxylic acids is 1. The standard InChI is InChI=1S/C14H19NO4S/c1-10-4-3-5-11(2)13(10)9-20(18,19)15-7-6-12(8-15)14(16)17/h3-5,12H,6-9H2,1-2H3,(H,16,17).